The summed E-state index contributed by atoms with van der Waals surface area (Å²) in [5, 5.41) is 25.8. The molecule has 0 bridgehead atoms. The van der Waals surface area contributed by atoms with Gasteiger partial charge in [0.05, 0.1) is 45.7 Å². The molecule has 3 aromatic carbocycles. The summed E-state index contributed by atoms with van der Waals surface area (Å²) in [6.07, 6.45) is 3.55. The van der Waals surface area contributed by atoms with Crippen LogP contribution in [-0.4, -0.2) is 26.7 Å². The summed E-state index contributed by atoms with van der Waals surface area (Å²) in [6.45, 7) is -0.0256. The lowest BCUT2D eigenvalue weighted by atomic mass is 10.0. The van der Waals surface area contributed by atoms with Crippen LogP contribution in [0.15, 0.2) is 73.1 Å². The third-order valence-corrected chi connectivity index (χ3v) is 6.63. The monoisotopic (exact) mass is 563 g/mol. The van der Waals surface area contributed by atoms with E-state index in [2.05, 4.69) is 32.0 Å². The maximum absolute atomic E-state index is 13.7. The molecule has 5 aromatic rings. The number of anilines is 3. The molecular formula is C28H21Cl2F2N7. The summed E-state index contributed by atoms with van der Waals surface area (Å²) >= 11 is 12.6. The molecule has 0 fully saturated rings. The van der Waals surface area contributed by atoms with E-state index in [0.29, 0.717) is 51.6 Å². The van der Waals surface area contributed by atoms with Crippen molar-refractivity contribution >= 4 is 51.2 Å². The fraction of sp³-hybridized carbons (Fsp3) is 0.143. The van der Waals surface area contributed by atoms with Gasteiger partial charge in [-0.1, -0.05) is 58.7 Å². The van der Waals surface area contributed by atoms with Gasteiger partial charge in [-0.3, -0.25) is 14.1 Å². The quantitative estimate of drug-likeness (QED) is 0.193. The molecular weight excluding hydrogens is 543 g/mol. The molecule has 1 unspecified atom stereocenters. The van der Waals surface area contributed by atoms with Gasteiger partial charge in [0.15, 0.2) is 0 Å². The van der Waals surface area contributed by atoms with E-state index in [4.69, 9.17) is 23.2 Å². The van der Waals surface area contributed by atoms with Crippen LogP contribution in [0.2, 0.25) is 10.0 Å². The van der Waals surface area contributed by atoms with Crippen molar-refractivity contribution in [1.29, 1.82) is 5.26 Å². The SMILES string of the molecule is N#Cc1cnc2c(Cl)cc(NC(c3ccccc3)c3cn(CCCF)nn3)cc2c1Nc1ccc(F)c(Cl)c1. The highest BCUT2D eigenvalue weighted by Gasteiger charge is 2.20. The Bertz CT molecular complexity index is 1670. The highest BCUT2D eigenvalue weighted by molar-refractivity contribution is 6.36. The second kappa shape index (κ2) is 11.6. The largest absolute Gasteiger partial charge is 0.373 e. The lowest BCUT2D eigenvalue weighted by molar-refractivity contribution is 0.431. The Morgan fingerprint density at radius 2 is 1.82 bits per heavy atom. The summed E-state index contributed by atoms with van der Waals surface area (Å²) in [7, 11) is 0. The molecule has 0 amide bonds. The highest BCUT2D eigenvalue weighted by atomic mass is 35.5. The molecule has 2 N–H and O–H groups in total. The van der Waals surface area contributed by atoms with Crippen LogP contribution in [0.4, 0.5) is 25.8 Å². The number of benzene rings is 3. The van der Waals surface area contributed by atoms with E-state index in [9.17, 15) is 14.0 Å². The molecule has 0 spiro atoms. The number of hydrogen-bond donors (Lipinski definition) is 2. The second-order valence-corrected chi connectivity index (χ2v) is 9.52. The molecule has 2 aromatic heterocycles. The molecule has 7 nitrogen and oxygen atoms in total. The predicted molar refractivity (Wildman–Crippen MR) is 149 cm³/mol. The number of aryl methyl sites for hydroxylation is 1. The summed E-state index contributed by atoms with van der Waals surface area (Å²) in [6, 6.07) is 19.2. The van der Waals surface area contributed by atoms with E-state index in [1.165, 1.54) is 24.4 Å². The van der Waals surface area contributed by atoms with E-state index < -0.39 is 18.5 Å². The maximum atomic E-state index is 13.7. The standard InChI is InChI=1S/C28H21Cl2F2N7/c29-22-12-19(7-8-24(22)32)35-26-18(14-33)15-34-28-21(26)11-20(13-23(28)30)36-27(17-5-2-1-3-6-17)25-16-39(38-37-25)10-4-9-31/h1-3,5-8,11-13,15-16,27,36H,4,9-10H2,(H,34,35). The van der Waals surface area contributed by atoms with Gasteiger partial charge in [-0.2, -0.15) is 5.26 Å². The number of rotatable bonds is 9. The molecule has 0 saturated heterocycles. The van der Waals surface area contributed by atoms with Crippen molar-refractivity contribution in [2.75, 3.05) is 17.3 Å². The lowest BCUT2D eigenvalue weighted by Crippen LogP contribution is -2.13. The summed E-state index contributed by atoms with van der Waals surface area (Å²) in [4.78, 5) is 4.39. The number of pyridine rings is 1. The van der Waals surface area contributed by atoms with Crippen molar-refractivity contribution in [2.24, 2.45) is 0 Å². The fourth-order valence-electron chi connectivity index (χ4n) is 4.20. The normalized spacial score (nSPS) is 11.8. The van der Waals surface area contributed by atoms with Crippen LogP contribution >= 0.6 is 23.2 Å². The average molecular weight is 564 g/mol. The van der Waals surface area contributed by atoms with E-state index in [-0.39, 0.29) is 10.6 Å². The Labute approximate surface area is 233 Å². The molecule has 0 saturated carbocycles. The van der Waals surface area contributed by atoms with Crippen molar-refractivity contribution in [3.63, 3.8) is 0 Å². The highest BCUT2D eigenvalue weighted by Crippen LogP contribution is 2.37. The van der Waals surface area contributed by atoms with Crippen LogP contribution in [0, 0.1) is 17.1 Å². The minimum absolute atomic E-state index is 0.0532. The van der Waals surface area contributed by atoms with E-state index in [1.807, 2.05) is 36.4 Å². The minimum Gasteiger partial charge on any atom is -0.373 e. The number of nitrogens with zero attached hydrogens (tertiary/aromatic N) is 5. The van der Waals surface area contributed by atoms with Crippen LogP contribution in [0.3, 0.4) is 0 Å². The van der Waals surface area contributed by atoms with Crippen molar-refractivity contribution in [3.8, 4) is 6.07 Å². The first-order chi connectivity index (χ1) is 19.0. The first-order valence-electron chi connectivity index (χ1n) is 12.0. The Hall–Kier alpha value is -4.26. The number of nitriles is 1. The third kappa shape index (κ3) is 5.77. The van der Waals surface area contributed by atoms with Gasteiger partial charge in [0, 0.05) is 29.5 Å². The molecule has 0 aliphatic carbocycles. The minimum atomic E-state index is -0.551. The van der Waals surface area contributed by atoms with Gasteiger partial charge in [-0.25, -0.2) is 4.39 Å². The average Bonchev–Trinajstić information content (AvgIpc) is 3.42. The second-order valence-electron chi connectivity index (χ2n) is 8.70. The van der Waals surface area contributed by atoms with Gasteiger partial charge in [0.2, 0.25) is 0 Å². The Morgan fingerprint density at radius 3 is 2.56 bits per heavy atom. The lowest BCUT2D eigenvalue weighted by Gasteiger charge is -2.20. The summed E-state index contributed by atoms with van der Waals surface area (Å²) in [5.74, 6) is -0.551. The Kier molecular flexibility index (Phi) is 7.87. The molecule has 0 aliphatic rings. The molecule has 5 rings (SSSR count). The zero-order valence-corrected chi connectivity index (χ0v) is 21.9. The zero-order valence-electron chi connectivity index (χ0n) is 20.4. The van der Waals surface area contributed by atoms with E-state index >= 15 is 0 Å². The van der Waals surface area contributed by atoms with Crippen LogP contribution in [0.5, 0.6) is 0 Å². The number of fused-ring (bicyclic) bond motifs is 1. The van der Waals surface area contributed by atoms with Gasteiger partial charge >= 0.3 is 0 Å². The fourth-order valence-corrected chi connectivity index (χ4v) is 4.65. The van der Waals surface area contributed by atoms with E-state index in [0.717, 1.165) is 5.56 Å². The van der Waals surface area contributed by atoms with Gasteiger partial charge in [-0.15, -0.1) is 5.10 Å². The number of aromatic nitrogens is 4. The molecule has 0 aliphatic heterocycles. The Balaban J connectivity index is 1.58. The number of nitrogens with one attached hydrogen (secondary N) is 2. The van der Waals surface area contributed by atoms with Gasteiger partial charge in [0.1, 0.15) is 17.6 Å². The first kappa shape index (κ1) is 26.4. The van der Waals surface area contributed by atoms with Crippen LogP contribution in [0.1, 0.15) is 29.3 Å². The molecule has 0 radical (unpaired) electrons. The maximum Gasteiger partial charge on any atom is 0.141 e. The zero-order chi connectivity index (χ0) is 27.4. The summed E-state index contributed by atoms with van der Waals surface area (Å²) in [5.41, 5.74) is 3.89. The summed E-state index contributed by atoms with van der Waals surface area (Å²) < 4.78 is 28.0. The van der Waals surface area contributed by atoms with Gasteiger partial charge in [0.25, 0.3) is 0 Å². The number of hydrogen-bond acceptors (Lipinski definition) is 6. The van der Waals surface area contributed by atoms with Crippen molar-refractivity contribution in [3.05, 3.63) is 106 Å². The van der Waals surface area contributed by atoms with Crippen molar-refractivity contribution < 1.29 is 8.78 Å². The topological polar surface area (TPSA) is 91.5 Å². The van der Waals surface area contributed by atoms with Gasteiger partial charge < -0.3 is 10.6 Å². The van der Waals surface area contributed by atoms with E-state index in [1.54, 1.807) is 16.9 Å². The molecule has 11 heteroatoms. The van der Waals surface area contributed by atoms with Crippen molar-refractivity contribution in [1.82, 2.24) is 20.0 Å². The Morgan fingerprint density at radius 1 is 1.03 bits per heavy atom. The van der Waals surface area contributed by atoms with Crippen LogP contribution in [0.25, 0.3) is 10.9 Å². The number of alkyl halides is 1. The molecule has 39 heavy (non-hydrogen) atoms. The molecule has 2 heterocycles. The predicted octanol–water partition coefficient (Wildman–Crippen LogP) is 7.45. The molecule has 1 atom stereocenters. The first-order valence-corrected chi connectivity index (χ1v) is 12.7. The van der Waals surface area contributed by atoms with Gasteiger partial charge in [-0.05, 0) is 42.3 Å². The number of halogens is 4. The van der Waals surface area contributed by atoms with Crippen molar-refractivity contribution in [2.45, 2.75) is 19.0 Å². The van der Waals surface area contributed by atoms with Crippen LogP contribution in [-0.2, 0) is 6.54 Å². The van der Waals surface area contributed by atoms with Crippen LogP contribution < -0.4 is 10.6 Å². The smallest absolute Gasteiger partial charge is 0.141 e. The third-order valence-electron chi connectivity index (χ3n) is 6.05. The molecule has 196 valence electrons.